The average molecular weight is 454 g/mol. The number of carbonyl (C=O) groups excluding carboxylic acids is 1. The van der Waals surface area contributed by atoms with Crippen LogP contribution in [0.15, 0.2) is 43.0 Å². The van der Waals surface area contributed by atoms with Gasteiger partial charge in [-0.1, -0.05) is 44.2 Å². The molecule has 1 aromatic carbocycles. The van der Waals surface area contributed by atoms with Gasteiger partial charge in [0, 0.05) is 18.9 Å². The van der Waals surface area contributed by atoms with Gasteiger partial charge in [0.25, 0.3) is 0 Å². The van der Waals surface area contributed by atoms with Gasteiger partial charge < -0.3 is 20.3 Å². The lowest BCUT2D eigenvalue weighted by atomic mass is 10.1. The maximum atomic E-state index is 12.1. The van der Waals surface area contributed by atoms with E-state index in [4.69, 9.17) is 4.74 Å². The molecule has 0 radical (unpaired) electrons. The highest BCUT2D eigenvalue weighted by molar-refractivity contribution is 5.97. The van der Waals surface area contributed by atoms with Crippen LogP contribution in [0.1, 0.15) is 32.1 Å². The van der Waals surface area contributed by atoms with Crippen molar-refractivity contribution in [2.24, 2.45) is 5.92 Å². The first-order valence-corrected chi connectivity index (χ1v) is 10.7. The van der Waals surface area contributed by atoms with Crippen molar-refractivity contribution >= 4 is 29.0 Å². The molecule has 2 aromatic heterocycles. The fourth-order valence-corrected chi connectivity index (χ4v) is 3.90. The van der Waals surface area contributed by atoms with E-state index in [1.54, 1.807) is 18.4 Å². The summed E-state index contributed by atoms with van der Waals surface area (Å²) in [6, 6.07) is 8.69. The SMILES string of the molecule is CC(C)C(=O)Nc1ncnc2c1ncn2[C@H]1CC(N(Cc2ccccc2)C(=O)O)[C@@H](CO)O1. The van der Waals surface area contributed by atoms with Crippen LogP contribution in [0.3, 0.4) is 0 Å². The number of anilines is 1. The monoisotopic (exact) mass is 454 g/mol. The Bertz CT molecular complexity index is 1130. The third-order valence-electron chi connectivity index (χ3n) is 5.66. The molecule has 174 valence electrons. The van der Waals surface area contributed by atoms with E-state index in [1.807, 2.05) is 30.3 Å². The average Bonchev–Trinajstić information content (AvgIpc) is 3.42. The molecule has 4 rings (SSSR count). The standard InChI is InChI=1S/C22H26N6O5/c1-13(2)21(30)26-19-18-20(24-11-23-19)28(12-25-18)17-8-15(16(10-29)33-17)27(22(31)32)9-14-6-4-3-5-7-14/h3-7,11-13,15-17,29H,8-10H2,1-2H3,(H,31,32)(H,23,24,26,30)/t15?,16-,17-/m1/s1. The number of nitrogens with one attached hydrogen (secondary N) is 1. The molecule has 11 heteroatoms. The van der Waals surface area contributed by atoms with Gasteiger partial charge in [-0.2, -0.15) is 0 Å². The molecule has 3 heterocycles. The fourth-order valence-electron chi connectivity index (χ4n) is 3.90. The highest BCUT2D eigenvalue weighted by Crippen LogP contribution is 2.35. The summed E-state index contributed by atoms with van der Waals surface area (Å²) in [4.78, 5) is 38.2. The molecule has 1 aliphatic heterocycles. The van der Waals surface area contributed by atoms with Crippen LogP contribution < -0.4 is 5.32 Å². The lowest BCUT2D eigenvalue weighted by molar-refractivity contribution is -0.118. The van der Waals surface area contributed by atoms with Gasteiger partial charge >= 0.3 is 6.09 Å². The summed E-state index contributed by atoms with van der Waals surface area (Å²) < 4.78 is 7.70. The third-order valence-corrected chi connectivity index (χ3v) is 5.66. The molecule has 3 N–H and O–H groups in total. The number of imidazole rings is 1. The molecule has 0 saturated carbocycles. The van der Waals surface area contributed by atoms with E-state index < -0.39 is 24.5 Å². The zero-order valence-corrected chi connectivity index (χ0v) is 18.3. The van der Waals surface area contributed by atoms with Crippen molar-refractivity contribution in [1.82, 2.24) is 24.4 Å². The van der Waals surface area contributed by atoms with Crippen molar-refractivity contribution in [2.45, 2.75) is 45.2 Å². The maximum absolute atomic E-state index is 12.1. The van der Waals surface area contributed by atoms with Gasteiger partial charge in [0.1, 0.15) is 18.7 Å². The quantitative estimate of drug-likeness (QED) is 0.493. The first kappa shape index (κ1) is 22.6. The summed E-state index contributed by atoms with van der Waals surface area (Å²) in [7, 11) is 0. The van der Waals surface area contributed by atoms with E-state index >= 15 is 0 Å². The van der Waals surface area contributed by atoms with Gasteiger partial charge in [0.2, 0.25) is 5.91 Å². The van der Waals surface area contributed by atoms with Crippen LogP contribution in [0.25, 0.3) is 11.2 Å². The number of hydrogen-bond donors (Lipinski definition) is 3. The van der Waals surface area contributed by atoms with E-state index in [0.717, 1.165) is 5.56 Å². The van der Waals surface area contributed by atoms with Crippen molar-refractivity contribution in [2.75, 3.05) is 11.9 Å². The zero-order valence-electron chi connectivity index (χ0n) is 18.3. The molecule has 1 unspecified atom stereocenters. The number of nitrogens with zero attached hydrogens (tertiary/aromatic N) is 5. The molecule has 0 spiro atoms. The largest absolute Gasteiger partial charge is 0.465 e. The van der Waals surface area contributed by atoms with E-state index in [0.29, 0.717) is 23.4 Å². The minimum absolute atomic E-state index is 0.172. The maximum Gasteiger partial charge on any atom is 0.407 e. The summed E-state index contributed by atoms with van der Waals surface area (Å²) in [6.45, 7) is 3.39. The van der Waals surface area contributed by atoms with Crippen molar-refractivity contribution in [3.63, 3.8) is 0 Å². The van der Waals surface area contributed by atoms with Crippen LogP contribution in [-0.4, -0.2) is 65.4 Å². The van der Waals surface area contributed by atoms with E-state index in [2.05, 4.69) is 20.3 Å². The number of carboxylic acid groups (broad SMARTS) is 1. The topological polar surface area (TPSA) is 143 Å². The molecule has 1 fully saturated rings. The molecular formula is C22H26N6O5. The Morgan fingerprint density at radius 3 is 2.67 bits per heavy atom. The van der Waals surface area contributed by atoms with Crippen LogP contribution >= 0.6 is 0 Å². The normalized spacial score (nSPS) is 20.3. The number of fused-ring (bicyclic) bond motifs is 1. The van der Waals surface area contributed by atoms with Gasteiger partial charge in [-0.15, -0.1) is 0 Å². The van der Waals surface area contributed by atoms with Crippen LogP contribution in [0.4, 0.5) is 10.6 Å². The van der Waals surface area contributed by atoms with Crippen LogP contribution in [0.5, 0.6) is 0 Å². The van der Waals surface area contributed by atoms with Crippen LogP contribution in [0, 0.1) is 5.92 Å². The second-order valence-corrected chi connectivity index (χ2v) is 8.20. The lowest BCUT2D eigenvalue weighted by Gasteiger charge is -2.28. The highest BCUT2D eigenvalue weighted by atomic mass is 16.5. The van der Waals surface area contributed by atoms with E-state index in [1.165, 1.54) is 17.6 Å². The summed E-state index contributed by atoms with van der Waals surface area (Å²) in [5, 5.41) is 22.5. The number of benzene rings is 1. The Hall–Kier alpha value is -3.57. The Balaban J connectivity index is 1.60. The van der Waals surface area contributed by atoms with Gasteiger partial charge in [0.15, 0.2) is 17.0 Å². The number of aromatic nitrogens is 4. The Morgan fingerprint density at radius 1 is 1.24 bits per heavy atom. The highest BCUT2D eigenvalue weighted by Gasteiger charge is 2.42. The molecule has 0 aliphatic carbocycles. The molecule has 33 heavy (non-hydrogen) atoms. The third kappa shape index (κ3) is 4.64. The Kier molecular flexibility index (Phi) is 6.52. The van der Waals surface area contributed by atoms with Crippen molar-refractivity contribution in [3.05, 3.63) is 48.5 Å². The summed E-state index contributed by atoms with van der Waals surface area (Å²) in [6.07, 6.45) is 0.739. The van der Waals surface area contributed by atoms with Gasteiger partial charge in [-0.05, 0) is 5.56 Å². The summed E-state index contributed by atoms with van der Waals surface area (Å²) in [5.74, 6) is -0.130. The van der Waals surface area contributed by atoms with Crippen LogP contribution in [0.2, 0.25) is 0 Å². The number of carbonyl (C=O) groups is 2. The van der Waals surface area contributed by atoms with Crippen molar-refractivity contribution in [1.29, 1.82) is 0 Å². The number of hydrogen-bond acceptors (Lipinski definition) is 7. The minimum atomic E-state index is -1.09. The molecule has 2 amide bonds. The van der Waals surface area contributed by atoms with E-state index in [-0.39, 0.29) is 25.0 Å². The molecule has 1 aliphatic rings. The lowest BCUT2D eigenvalue weighted by Crippen LogP contribution is -2.44. The molecule has 3 atom stereocenters. The van der Waals surface area contributed by atoms with Gasteiger partial charge in [-0.3, -0.25) is 14.3 Å². The zero-order chi connectivity index (χ0) is 23.5. The molecule has 0 bridgehead atoms. The number of aliphatic hydroxyl groups is 1. The molecule has 11 nitrogen and oxygen atoms in total. The van der Waals surface area contributed by atoms with Crippen molar-refractivity contribution < 1.29 is 24.5 Å². The first-order chi connectivity index (χ1) is 15.9. The second-order valence-electron chi connectivity index (χ2n) is 8.20. The van der Waals surface area contributed by atoms with Gasteiger partial charge in [-0.25, -0.2) is 19.7 Å². The number of ether oxygens (including phenoxy) is 1. The fraction of sp³-hybridized carbons (Fsp3) is 0.409. The minimum Gasteiger partial charge on any atom is -0.465 e. The molecular weight excluding hydrogens is 428 g/mol. The molecule has 1 saturated heterocycles. The van der Waals surface area contributed by atoms with E-state index in [9.17, 15) is 19.8 Å². The van der Waals surface area contributed by atoms with Crippen LogP contribution in [-0.2, 0) is 16.1 Å². The first-order valence-electron chi connectivity index (χ1n) is 10.7. The van der Waals surface area contributed by atoms with Crippen molar-refractivity contribution in [3.8, 4) is 0 Å². The Morgan fingerprint density at radius 2 is 2.00 bits per heavy atom. The predicted octanol–water partition coefficient (Wildman–Crippen LogP) is 2.25. The summed E-state index contributed by atoms with van der Waals surface area (Å²) in [5.41, 5.74) is 1.68. The molecule has 3 aromatic rings. The second kappa shape index (κ2) is 9.51. The number of amides is 2. The smallest absolute Gasteiger partial charge is 0.407 e. The predicted molar refractivity (Wildman–Crippen MR) is 118 cm³/mol. The number of aliphatic hydroxyl groups excluding tert-OH is 1. The Labute approximate surface area is 190 Å². The summed E-state index contributed by atoms with van der Waals surface area (Å²) >= 11 is 0. The van der Waals surface area contributed by atoms with Gasteiger partial charge in [0.05, 0.1) is 19.0 Å². The number of rotatable bonds is 7.